The Kier molecular flexibility index (Phi) is 4.75. The zero-order valence-electron chi connectivity index (χ0n) is 9.79. The largest absolute Gasteiger partial charge is 0.359 e. The van der Waals surface area contributed by atoms with E-state index in [0.717, 1.165) is 23.5 Å². The molecule has 1 heterocycles. The van der Waals surface area contributed by atoms with Crippen molar-refractivity contribution in [2.45, 2.75) is 0 Å². The molecule has 104 valence electrons. The van der Waals surface area contributed by atoms with Gasteiger partial charge in [-0.3, -0.25) is 4.79 Å². The van der Waals surface area contributed by atoms with E-state index in [1.165, 1.54) is 24.4 Å². The average molecular weight is 334 g/mol. The molecule has 2 aromatic rings. The zero-order chi connectivity index (χ0) is 14.7. The van der Waals surface area contributed by atoms with Crippen LogP contribution < -0.4 is 5.32 Å². The van der Waals surface area contributed by atoms with Gasteiger partial charge < -0.3 is 5.32 Å². The fourth-order valence-electron chi connectivity index (χ4n) is 1.41. The molecule has 0 amide bonds. The van der Waals surface area contributed by atoms with Crippen LogP contribution in [0.15, 0.2) is 36.5 Å². The van der Waals surface area contributed by atoms with Gasteiger partial charge in [-0.25, -0.2) is 8.78 Å². The second-order valence-electron chi connectivity index (χ2n) is 3.70. The van der Waals surface area contributed by atoms with Crippen LogP contribution in [0.3, 0.4) is 0 Å². The zero-order valence-corrected chi connectivity index (χ0v) is 12.1. The Morgan fingerprint density at radius 1 is 1.25 bits per heavy atom. The number of halogens is 4. The van der Waals surface area contributed by atoms with E-state index in [2.05, 4.69) is 5.32 Å². The molecular weight excluding hydrogens is 327 g/mol. The maximum absolute atomic E-state index is 13.3. The van der Waals surface area contributed by atoms with Crippen LogP contribution in [0.25, 0.3) is 0 Å². The number of rotatable bonds is 4. The van der Waals surface area contributed by atoms with Gasteiger partial charge in [-0.2, -0.15) is 0 Å². The van der Waals surface area contributed by atoms with Crippen molar-refractivity contribution in [1.82, 2.24) is 0 Å². The van der Waals surface area contributed by atoms with Gasteiger partial charge in [-0.1, -0.05) is 23.2 Å². The van der Waals surface area contributed by atoms with E-state index >= 15 is 0 Å². The molecule has 0 bridgehead atoms. The fraction of sp³-hybridized carbons (Fsp3) is 0. The highest BCUT2D eigenvalue weighted by Gasteiger charge is 2.11. The third-order valence-electron chi connectivity index (χ3n) is 2.33. The van der Waals surface area contributed by atoms with Gasteiger partial charge in [0.1, 0.15) is 16.0 Å². The SMILES string of the molecule is O=C(C=CNc1ccc(F)cc1F)c1cc(Cl)sc1Cl. The lowest BCUT2D eigenvalue weighted by atomic mass is 10.2. The first-order chi connectivity index (χ1) is 9.47. The molecule has 1 N–H and O–H groups in total. The Hall–Kier alpha value is -1.43. The average Bonchev–Trinajstić information content (AvgIpc) is 2.71. The lowest BCUT2D eigenvalue weighted by molar-refractivity contribution is 0.104. The lowest BCUT2D eigenvalue weighted by Gasteiger charge is -2.01. The van der Waals surface area contributed by atoms with Crippen LogP contribution in [0, 0.1) is 11.6 Å². The molecule has 1 aromatic carbocycles. The van der Waals surface area contributed by atoms with Crippen LogP contribution in [-0.2, 0) is 0 Å². The van der Waals surface area contributed by atoms with E-state index in [9.17, 15) is 13.6 Å². The maximum Gasteiger partial charge on any atom is 0.189 e. The van der Waals surface area contributed by atoms with Crippen molar-refractivity contribution in [1.29, 1.82) is 0 Å². The Bertz CT molecular complexity index is 685. The Labute approximate surface area is 127 Å². The normalized spacial score (nSPS) is 11.0. The van der Waals surface area contributed by atoms with Crippen molar-refractivity contribution in [3.05, 3.63) is 62.4 Å². The molecule has 0 aliphatic heterocycles. The number of hydrogen-bond acceptors (Lipinski definition) is 3. The van der Waals surface area contributed by atoms with Crippen LogP contribution in [0.5, 0.6) is 0 Å². The summed E-state index contributed by atoms with van der Waals surface area (Å²) in [5.41, 5.74) is 0.337. The van der Waals surface area contributed by atoms with E-state index in [1.54, 1.807) is 0 Å². The second-order valence-corrected chi connectivity index (χ2v) is 5.99. The smallest absolute Gasteiger partial charge is 0.189 e. The first-order valence-corrected chi connectivity index (χ1v) is 6.92. The molecule has 0 atom stereocenters. The van der Waals surface area contributed by atoms with Crippen LogP contribution >= 0.6 is 34.5 Å². The summed E-state index contributed by atoms with van der Waals surface area (Å²) < 4.78 is 26.7. The van der Waals surface area contributed by atoms with Crippen LogP contribution in [0.4, 0.5) is 14.5 Å². The molecule has 2 rings (SSSR count). The molecule has 20 heavy (non-hydrogen) atoms. The molecule has 0 aliphatic rings. The highest BCUT2D eigenvalue weighted by atomic mass is 35.5. The third kappa shape index (κ3) is 3.56. The molecule has 0 aliphatic carbocycles. The molecule has 0 saturated heterocycles. The standard InChI is InChI=1S/C13H7Cl2F2NOS/c14-12-6-8(13(15)20-12)11(19)3-4-18-10-2-1-7(16)5-9(10)17/h1-6,18H. The van der Waals surface area contributed by atoms with Crippen molar-refractivity contribution < 1.29 is 13.6 Å². The van der Waals surface area contributed by atoms with Gasteiger partial charge in [0.25, 0.3) is 0 Å². The Morgan fingerprint density at radius 2 is 2.00 bits per heavy atom. The summed E-state index contributed by atoms with van der Waals surface area (Å²) in [6.45, 7) is 0. The minimum absolute atomic E-state index is 0.0601. The van der Waals surface area contributed by atoms with Crippen LogP contribution in [0.1, 0.15) is 10.4 Å². The minimum atomic E-state index is -0.751. The second kappa shape index (κ2) is 6.35. The lowest BCUT2D eigenvalue weighted by Crippen LogP contribution is -1.96. The summed E-state index contributed by atoms with van der Waals surface area (Å²) in [5, 5.41) is 2.55. The predicted molar refractivity (Wildman–Crippen MR) is 77.8 cm³/mol. The molecule has 2 nitrogen and oxygen atoms in total. The molecule has 0 radical (unpaired) electrons. The van der Waals surface area contributed by atoms with Crippen molar-refractivity contribution >= 4 is 46.0 Å². The highest BCUT2D eigenvalue weighted by molar-refractivity contribution is 7.20. The minimum Gasteiger partial charge on any atom is -0.359 e. The topological polar surface area (TPSA) is 29.1 Å². The molecule has 7 heteroatoms. The molecular formula is C13H7Cl2F2NOS. The summed E-state index contributed by atoms with van der Waals surface area (Å²) in [4.78, 5) is 11.8. The monoisotopic (exact) mass is 333 g/mol. The van der Waals surface area contributed by atoms with Crippen molar-refractivity contribution in [2.24, 2.45) is 0 Å². The highest BCUT2D eigenvalue weighted by Crippen LogP contribution is 2.31. The number of hydrogen-bond donors (Lipinski definition) is 1. The number of allylic oxidation sites excluding steroid dienone is 1. The number of nitrogens with one attached hydrogen (secondary N) is 1. The Balaban J connectivity index is 2.06. The van der Waals surface area contributed by atoms with Crippen LogP contribution in [0.2, 0.25) is 8.67 Å². The number of anilines is 1. The predicted octanol–water partition coefficient (Wildman–Crippen LogP) is 5.14. The van der Waals surface area contributed by atoms with Gasteiger partial charge in [0.2, 0.25) is 0 Å². The molecule has 1 aromatic heterocycles. The summed E-state index contributed by atoms with van der Waals surface area (Å²) in [7, 11) is 0. The Morgan fingerprint density at radius 3 is 2.60 bits per heavy atom. The summed E-state index contributed by atoms with van der Waals surface area (Å²) >= 11 is 12.7. The summed E-state index contributed by atoms with van der Waals surface area (Å²) in [6.07, 6.45) is 2.44. The van der Waals surface area contributed by atoms with Crippen molar-refractivity contribution in [3.8, 4) is 0 Å². The number of carbonyl (C=O) groups excluding carboxylic acids is 1. The number of benzene rings is 1. The van der Waals surface area contributed by atoms with Gasteiger partial charge in [0.15, 0.2) is 5.78 Å². The molecule has 0 saturated carbocycles. The third-order valence-corrected chi connectivity index (χ3v) is 3.81. The van der Waals surface area contributed by atoms with Gasteiger partial charge >= 0.3 is 0 Å². The molecule has 0 unspecified atom stereocenters. The first kappa shape index (κ1) is 15.0. The quantitative estimate of drug-likeness (QED) is 0.619. The van der Waals surface area contributed by atoms with Gasteiger partial charge in [-0.15, -0.1) is 11.3 Å². The number of carbonyl (C=O) groups is 1. The van der Waals surface area contributed by atoms with E-state index in [-0.39, 0.29) is 21.4 Å². The number of thiophene rings is 1. The summed E-state index contributed by atoms with van der Waals surface area (Å²) in [5.74, 6) is -1.79. The van der Waals surface area contributed by atoms with Crippen molar-refractivity contribution in [2.75, 3.05) is 5.32 Å². The summed E-state index contributed by atoms with van der Waals surface area (Å²) in [6, 6.07) is 4.54. The van der Waals surface area contributed by atoms with E-state index < -0.39 is 11.6 Å². The van der Waals surface area contributed by atoms with E-state index in [4.69, 9.17) is 23.2 Å². The van der Waals surface area contributed by atoms with E-state index in [0.29, 0.717) is 4.34 Å². The van der Waals surface area contributed by atoms with Gasteiger partial charge in [0.05, 0.1) is 15.6 Å². The van der Waals surface area contributed by atoms with Gasteiger partial charge in [-0.05, 0) is 18.2 Å². The van der Waals surface area contributed by atoms with Crippen molar-refractivity contribution in [3.63, 3.8) is 0 Å². The van der Waals surface area contributed by atoms with Crippen LogP contribution in [-0.4, -0.2) is 5.78 Å². The first-order valence-electron chi connectivity index (χ1n) is 5.34. The van der Waals surface area contributed by atoms with E-state index in [1.807, 2.05) is 0 Å². The van der Waals surface area contributed by atoms with Gasteiger partial charge in [0, 0.05) is 18.3 Å². The maximum atomic E-state index is 13.3. The molecule has 0 fully saturated rings. The fourth-order valence-corrected chi connectivity index (χ4v) is 2.89. The molecule has 0 spiro atoms. The number of ketones is 1.